The zero-order valence-corrected chi connectivity index (χ0v) is 69.2. The first-order valence-electron chi connectivity index (χ1n) is 39.1. The van der Waals surface area contributed by atoms with Crippen LogP contribution in [0.4, 0.5) is 24.5 Å². The molecule has 0 radical (unpaired) electrons. The largest absolute Gasteiger partial charge is 0.501 e. The fourth-order valence-electron chi connectivity index (χ4n) is 15.5. The number of sulfonamides is 1. The molecule has 5 aromatic carbocycles. The summed E-state index contributed by atoms with van der Waals surface area (Å²) in [6, 6.07) is 31.5. The van der Waals surface area contributed by atoms with E-state index in [0.29, 0.717) is 173 Å². The number of allylic oxidation sites excluding steroid dienone is 1. The Morgan fingerprint density at radius 1 is 0.743 bits per heavy atom. The first-order chi connectivity index (χ1) is 53.8. The number of likely N-dealkylation sites (tertiary alicyclic amines) is 1. The molecule has 5 aliphatic rings. The standard InChI is InChI=1S/C83H105ClF3N11O11S4/c1-57(59-21-23-61(24-22-59)75-58(2)88-56-111-75)89-78(102)71-18-15-38-98(71)79(103)76(81(3,4)5)91-73(99)19-13-8-7-9-14-20-74(100)96-44-46-97(47-45-96)80(104)82(6)37-35-69(60-25-29-64(84)30-26-60)63(53-82)54-94-40-42-95(43-41-94)66-31-27-62(28-32-66)77(101)92-113(107,108)68-33-34-70(72(52-68)112(105,106)83(85,86)87)90-65(36-39-93-48-50-109-51-49-93)55-110-67-16-11-10-12-17-67/h10-12,16-17,21-34,52,56-57,65,71,76,90H,7-9,13-15,18-20,35-51,53-55H2,1-6H3,(H,89,102)(H,91,99)(H,92,101)/t57-,65+,71-,76?,82?/m0/s1. The number of hydrogen-bond donors (Lipinski definition) is 4. The van der Waals surface area contributed by atoms with Gasteiger partial charge in [-0.15, -0.1) is 23.1 Å². The number of piperazine rings is 2. The number of hydrogen-bond acceptors (Lipinski definition) is 18. The number of thiazole rings is 1. The number of benzene rings is 5. The van der Waals surface area contributed by atoms with E-state index in [0.717, 1.165) is 74.8 Å². The zero-order valence-electron chi connectivity index (χ0n) is 65.2. The van der Waals surface area contributed by atoms with Crippen molar-refractivity contribution in [2.45, 2.75) is 169 Å². The summed E-state index contributed by atoms with van der Waals surface area (Å²) in [5, 5.41) is 9.78. The van der Waals surface area contributed by atoms with Gasteiger partial charge in [0.05, 0.1) is 51.3 Å². The van der Waals surface area contributed by atoms with Crippen molar-refractivity contribution in [3.05, 3.63) is 160 Å². The third-order valence-corrected chi connectivity index (χ3v) is 27.5. The van der Waals surface area contributed by atoms with Crippen LogP contribution in [0, 0.1) is 17.8 Å². The van der Waals surface area contributed by atoms with Crippen molar-refractivity contribution in [3.8, 4) is 10.4 Å². The van der Waals surface area contributed by atoms with E-state index < -0.39 is 75.7 Å². The number of aryl methyl sites for hydroxylation is 1. The van der Waals surface area contributed by atoms with Crippen LogP contribution < -0.4 is 25.6 Å². The van der Waals surface area contributed by atoms with Crippen molar-refractivity contribution in [3.63, 3.8) is 0 Å². The van der Waals surface area contributed by atoms with E-state index in [-0.39, 0.29) is 47.6 Å². The van der Waals surface area contributed by atoms with Gasteiger partial charge in [-0.3, -0.25) is 38.6 Å². The maximum absolute atomic E-state index is 14.7. The molecule has 4 N–H and O–H groups in total. The predicted octanol–water partition coefficient (Wildman–Crippen LogP) is 13.0. The molecule has 11 rings (SSSR count). The lowest BCUT2D eigenvalue weighted by Crippen LogP contribution is -2.57. The third kappa shape index (κ3) is 22.4. The fraction of sp³-hybridized carbons (Fsp3) is 0.506. The van der Waals surface area contributed by atoms with E-state index in [1.807, 2.05) is 134 Å². The van der Waals surface area contributed by atoms with Crippen LogP contribution in [0.3, 0.4) is 0 Å². The Balaban J connectivity index is 0.617. The van der Waals surface area contributed by atoms with E-state index in [2.05, 4.69) is 42.6 Å². The quantitative estimate of drug-likeness (QED) is 0.0233. The molecular weight excluding hydrogens is 1550 g/mol. The molecule has 610 valence electrons. The van der Waals surface area contributed by atoms with Gasteiger partial charge in [0.25, 0.3) is 25.8 Å². The first kappa shape index (κ1) is 86.0. The summed E-state index contributed by atoms with van der Waals surface area (Å²) in [6.45, 7) is 19.9. The van der Waals surface area contributed by atoms with Gasteiger partial charge in [0.1, 0.15) is 17.0 Å². The number of unbranched alkanes of at least 4 members (excludes halogenated alkanes) is 4. The Hall–Kier alpha value is -7.90. The molecule has 5 heterocycles. The normalized spacial score (nSPS) is 19.2. The molecule has 113 heavy (non-hydrogen) atoms. The van der Waals surface area contributed by atoms with Gasteiger partial charge in [0, 0.05) is 131 Å². The molecule has 22 nitrogen and oxygen atoms in total. The topological polar surface area (TPSA) is 260 Å². The highest BCUT2D eigenvalue weighted by Crippen LogP contribution is 2.45. The number of thioether (sulfide) groups is 1. The maximum atomic E-state index is 14.7. The Morgan fingerprint density at radius 3 is 2.05 bits per heavy atom. The number of nitrogens with zero attached hydrogens (tertiary/aromatic N) is 7. The van der Waals surface area contributed by atoms with E-state index in [9.17, 15) is 58.8 Å². The van der Waals surface area contributed by atoms with Crippen LogP contribution in [0.15, 0.2) is 147 Å². The molecule has 0 spiro atoms. The fourth-order valence-corrected chi connectivity index (χ4v) is 19.5. The van der Waals surface area contributed by atoms with Crippen molar-refractivity contribution < 1.29 is 63.5 Å². The van der Waals surface area contributed by atoms with Crippen LogP contribution in [0.2, 0.25) is 5.02 Å². The van der Waals surface area contributed by atoms with Gasteiger partial charge in [-0.05, 0) is 160 Å². The molecule has 6 aromatic rings. The number of alkyl halides is 3. The number of nitrogens with one attached hydrogen (secondary N) is 4. The van der Waals surface area contributed by atoms with E-state index in [4.69, 9.17) is 16.3 Å². The third-order valence-electron chi connectivity index (χ3n) is 22.2. The average Bonchev–Trinajstić information content (AvgIpc) is 1.18. The van der Waals surface area contributed by atoms with Crippen LogP contribution in [0.5, 0.6) is 0 Å². The molecule has 4 saturated heterocycles. The molecule has 4 fully saturated rings. The number of carbonyl (C=O) groups is 6. The van der Waals surface area contributed by atoms with Crippen molar-refractivity contribution in [1.82, 2.24) is 44.8 Å². The van der Waals surface area contributed by atoms with Gasteiger partial charge in [-0.2, -0.15) is 13.2 Å². The smallest absolute Gasteiger partial charge is 0.380 e. The second kappa shape index (κ2) is 38.2. The lowest BCUT2D eigenvalue weighted by atomic mass is 9.70. The Labute approximate surface area is 675 Å². The number of halogens is 4. The summed E-state index contributed by atoms with van der Waals surface area (Å²) in [5.41, 5.74) is 1.38. The van der Waals surface area contributed by atoms with Crippen LogP contribution in [0.1, 0.15) is 151 Å². The number of amides is 6. The average molecular weight is 1650 g/mol. The van der Waals surface area contributed by atoms with Crippen LogP contribution in [-0.2, 0) is 48.6 Å². The number of ether oxygens (including phenoxy) is 1. The summed E-state index contributed by atoms with van der Waals surface area (Å²) in [7, 11) is -11.1. The van der Waals surface area contributed by atoms with Crippen LogP contribution >= 0.6 is 34.7 Å². The van der Waals surface area contributed by atoms with E-state index in [1.165, 1.54) is 29.5 Å². The summed E-state index contributed by atoms with van der Waals surface area (Å²) in [4.78, 5) is 99.7. The van der Waals surface area contributed by atoms with E-state index >= 15 is 0 Å². The minimum absolute atomic E-state index is 0.0576. The first-order valence-corrected chi connectivity index (χ1v) is 44.3. The predicted molar refractivity (Wildman–Crippen MR) is 437 cm³/mol. The zero-order chi connectivity index (χ0) is 80.8. The number of morpholine rings is 1. The minimum atomic E-state index is -6.12. The molecular formula is C83H105ClF3N11O11S4. The number of rotatable bonds is 31. The van der Waals surface area contributed by atoms with Crippen molar-refractivity contribution in [1.29, 1.82) is 0 Å². The summed E-state index contributed by atoms with van der Waals surface area (Å²) >= 11 is 9.39. The lowest BCUT2D eigenvalue weighted by Gasteiger charge is -2.43. The molecule has 1 aliphatic carbocycles. The highest BCUT2D eigenvalue weighted by atomic mass is 35.5. The Kier molecular flexibility index (Phi) is 29.1. The van der Waals surface area contributed by atoms with Gasteiger partial charge in [-0.1, -0.05) is 119 Å². The van der Waals surface area contributed by atoms with Gasteiger partial charge >= 0.3 is 5.51 Å². The number of aromatic nitrogens is 1. The number of sulfone groups is 1. The summed E-state index contributed by atoms with van der Waals surface area (Å²) in [5.74, 6) is -1.30. The van der Waals surface area contributed by atoms with Gasteiger partial charge < -0.3 is 40.3 Å². The van der Waals surface area contributed by atoms with Crippen molar-refractivity contribution in [2.24, 2.45) is 10.8 Å². The highest BCUT2D eigenvalue weighted by molar-refractivity contribution is 7.99. The monoisotopic (exact) mass is 1650 g/mol. The Bertz CT molecular complexity index is 4570. The van der Waals surface area contributed by atoms with E-state index in [1.54, 1.807) is 28.4 Å². The van der Waals surface area contributed by atoms with Gasteiger partial charge in [-0.25, -0.2) is 26.5 Å². The molecule has 1 aromatic heterocycles. The molecule has 6 amide bonds. The second-order valence-electron chi connectivity index (χ2n) is 31.5. The maximum Gasteiger partial charge on any atom is 0.501 e. The van der Waals surface area contributed by atoms with Crippen molar-refractivity contribution >= 4 is 107 Å². The molecule has 2 unspecified atom stereocenters. The highest BCUT2D eigenvalue weighted by Gasteiger charge is 2.49. The van der Waals surface area contributed by atoms with Crippen LogP contribution in [-0.4, -0.2) is 209 Å². The van der Waals surface area contributed by atoms with Gasteiger partial charge in [0.15, 0.2) is 0 Å². The Morgan fingerprint density at radius 2 is 1.40 bits per heavy atom. The molecule has 5 atom stereocenters. The minimum Gasteiger partial charge on any atom is -0.380 e. The molecule has 0 saturated carbocycles. The molecule has 30 heteroatoms. The number of carbonyl (C=O) groups excluding carboxylic acids is 6. The number of anilines is 2. The van der Waals surface area contributed by atoms with Gasteiger partial charge in [0.2, 0.25) is 29.5 Å². The van der Waals surface area contributed by atoms with Crippen LogP contribution in [0.25, 0.3) is 16.0 Å². The molecule has 0 bridgehead atoms. The van der Waals surface area contributed by atoms with Crippen molar-refractivity contribution in [2.75, 3.05) is 114 Å². The second-order valence-corrected chi connectivity index (χ2v) is 37.5. The molecule has 4 aliphatic heterocycles. The summed E-state index contributed by atoms with van der Waals surface area (Å²) in [6.07, 6.45) is 7.89. The summed E-state index contributed by atoms with van der Waals surface area (Å²) < 4.78 is 105. The lowest BCUT2D eigenvalue weighted by molar-refractivity contribution is -0.146. The SMILES string of the molecule is Cc1ncsc1-c1ccc([C@H](C)NC(=O)[C@@H]2CCCN2C(=O)C(NC(=O)CCCCCCCC(=O)N2CCN(C(=O)C3(C)CCC(c4ccc(Cl)cc4)=C(CN4CCN(c5ccc(C(=O)NS(=O)(=O)c6ccc(N[C@H](CCN7CCOCC7)CSc7ccccc7)c(S(=O)(=O)C(F)(F)F)c6)cc5)CC4)C3)CC2)C(C)(C)C)cc1.